The van der Waals surface area contributed by atoms with Gasteiger partial charge >= 0.3 is 5.97 Å². The fourth-order valence-electron chi connectivity index (χ4n) is 2.19. The summed E-state index contributed by atoms with van der Waals surface area (Å²) in [5.41, 5.74) is 3.87. The maximum Gasteiger partial charge on any atom is 0.336 e. The molecule has 2 aromatic carbocycles. The lowest BCUT2D eigenvalue weighted by Gasteiger charge is -2.19. The lowest BCUT2D eigenvalue weighted by atomic mass is 9.86. The molecule has 21 heavy (non-hydrogen) atoms. The minimum absolute atomic E-state index is 0.107. The molecule has 0 spiro atoms. The molecule has 0 radical (unpaired) electrons. The van der Waals surface area contributed by atoms with Gasteiger partial charge in [0.1, 0.15) is 0 Å². The van der Waals surface area contributed by atoms with Crippen molar-refractivity contribution in [3.63, 3.8) is 0 Å². The number of carbonyl (C=O) groups is 1. The SMILES string of the molecule is C#Cc1cc(-c2ccc(C(C)(C)C)cc2)ccc1C(=O)O. The Hall–Kier alpha value is -2.53. The number of hydrogen-bond acceptors (Lipinski definition) is 1. The molecule has 2 nitrogen and oxygen atoms in total. The third kappa shape index (κ3) is 3.14. The first-order valence-electron chi connectivity index (χ1n) is 6.78. The number of aromatic carboxylic acids is 1. The van der Waals surface area contributed by atoms with Crippen molar-refractivity contribution in [3.8, 4) is 23.5 Å². The van der Waals surface area contributed by atoms with Crippen LogP contribution in [0.15, 0.2) is 42.5 Å². The summed E-state index contributed by atoms with van der Waals surface area (Å²) in [6.45, 7) is 6.50. The maximum absolute atomic E-state index is 11.1. The monoisotopic (exact) mass is 278 g/mol. The number of carboxylic acid groups (broad SMARTS) is 1. The number of rotatable bonds is 2. The van der Waals surface area contributed by atoms with Crippen molar-refractivity contribution in [3.05, 3.63) is 59.2 Å². The second-order valence-electron chi connectivity index (χ2n) is 6.04. The average molecular weight is 278 g/mol. The third-order valence-corrected chi connectivity index (χ3v) is 3.49. The molecule has 2 aromatic rings. The number of hydrogen-bond donors (Lipinski definition) is 1. The zero-order valence-corrected chi connectivity index (χ0v) is 12.5. The van der Waals surface area contributed by atoms with Crippen molar-refractivity contribution in [2.75, 3.05) is 0 Å². The van der Waals surface area contributed by atoms with E-state index in [1.807, 2.05) is 12.1 Å². The third-order valence-electron chi connectivity index (χ3n) is 3.49. The second-order valence-corrected chi connectivity index (χ2v) is 6.04. The van der Waals surface area contributed by atoms with E-state index in [2.05, 4.69) is 38.8 Å². The summed E-state index contributed by atoms with van der Waals surface area (Å²) in [7, 11) is 0. The normalized spacial score (nSPS) is 11.0. The minimum atomic E-state index is -1.00. The summed E-state index contributed by atoms with van der Waals surface area (Å²) in [5, 5.41) is 9.09. The van der Waals surface area contributed by atoms with Gasteiger partial charge in [-0.2, -0.15) is 0 Å². The molecule has 106 valence electrons. The Balaban J connectivity index is 2.44. The van der Waals surface area contributed by atoms with Crippen molar-refractivity contribution in [2.24, 2.45) is 0 Å². The molecule has 2 heteroatoms. The van der Waals surface area contributed by atoms with Crippen LogP contribution in [0.25, 0.3) is 11.1 Å². The van der Waals surface area contributed by atoms with Gasteiger partial charge in [0.25, 0.3) is 0 Å². The summed E-state index contributed by atoms with van der Waals surface area (Å²) in [6.07, 6.45) is 5.40. The molecule has 0 saturated heterocycles. The van der Waals surface area contributed by atoms with Crippen LogP contribution in [0.4, 0.5) is 0 Å². The van der Waals surface area contributed by atoms with Gasteiger partial charge in [-0.05, 0) is 34.2 Å². The Morgan fingerprint density at radius 1 is 1.05 bits per heavy atom. The molecule has 1 N–H and O–H groups in total. The first-order valence-corrected chi connectivity index (χ1v) is 6.78. The number of benzene rings is 2. The van der Waals surface area contributed by atoms with Crippen LogP contribution in [0.2, 0.25) is 0 Å². The Morgan fingerprint density at radius 2 is 1.62 bits per heavy atom. The zero-order valence-electron chi connectivity index (χ0n) is 12.5. The van der Waals surface area contributed by atoms with E-state index >= 15 is 0 Å². The van der Waals surface area contributed by atoms with E-state index in [0.717, 1.165) is 11.1 Å². The topological polar surface area (TPSA) is 37.3 Å². The van der Waals surface area contributed by atoms with Crippen LogP contribution in [-0.2, 0) is 5.41 Å². The number of carboxylic acids is 1. The predicted octanol–water partition coefficient (Wildman–Crippen LogP) is 4.33. The fourth-order valence-corrected chi connectivity index (χ4v) is 2.19. The van der Waals surface area contributed by atoms with E-state index in [4.69, 9.17) is 11.5 Å². The van der Waals surface area contributed by atoms with Gasteiger partial charge in [-0.25, -0.2) is 4.79 Å². The molecule has 0 aliphatic rings. The maximum atomic E-state index is 11.1. The second kappa shape index (κ2) is 5.46. The van der Waals surface area contributed by atoms with E-state index in [0.29, 0.717) is 5.56 Å². The Kier molecular flexibility index (Phi) is 3.86. The Bertz CT molecular complexity index is 711. The summed E-state index contributed by atoms with van der Waals surface area (Å²) in [6, 6.07) is 13.4. The molecule has 2 rings (SSSR count). The molecule has 0 bridgehead atoms. The zero-order chi connectivity index (χ0) is 15.6. The highest BCUT2D eigenvalue weighted by Crippen LogP contribution is 2.27. The van der Waals surface area contributed by atoms with Gasteiger partial charge in [-0.3, -0.25) is 0 Å². The smallest absolute Gasteiger partial charge is 0.336 e. The van der Waals surface area contributed by atoms with Crippen LogP contribution < -0.4 is 0 Å². The van der Waals surface area contributed by atoms with E-state index in [-0.39, 0.29) is 11.0 Å². The Morgan fingerprint density at radius 3 is 2.10 bits per heavy atom. The lowest BCUT2D eigenvalue weighted by Crippen LogP contribution is -2.10. The van der Waals surface area contributed by atoms with Crippen LogP contribution in [-0.4, -0.2) is 11.1 Å². The first kappa shape index (κ1) is 14.9. The quantitative estimate of drug-likeness (QED) is 0.830. The highest BCUT2D eigenvalue weighted by atomic mass is 16.4. The largest absolute Gasteiger partial charge is 0.478 e. The summed E-state index contributed by atoms with van der Waals surface area (Å²) in [4.78, 5) is 11.1. The van der Waals surface area contributed by atoms with Gasteiger partial charge in [0.15, 0.2) is 0 Å². The van der Waals surface area contributed by atoms with Crippen LogP contribution >= 0.6 is 0 Å². The molecular formula is C19H18O2. The van der Waals surface area contributed by atoms with Crippen LogP contribution in [0.1, 0.15) is 42.3 Å². The van der Waals surface area contributed by atoms with E-state index in [1.165, 1.54) is 5.56 Å². The summed E-state index contributed by atoms with van der Waals surface area (Å²) in [5.74, 6) is 1.44. The van der Waals surface area contributed by atoms with Gasteiger partial charge in [-0.15, -0.1) is 6.42 Å². The van der Waals surface area contributed by atoms with Crippen molar-refractivity contribution in [2.45, 2.75) is 26.2 Å². The van der Waals surface area contributed by atoms with Crippen molar-refractivity contribution in [1.29, 1.82) is 0 Å². The first-order chi connectivity index (χ1) is 9.82. The van der Waals surface area contributed by atoms with Crippen LogP contribution in [0.5, 0.6) is 0 Å². The summed E-state index contributed by atoms with van der Waals surface area (Å²) < 4.78 is 0. The molecule has 0 heterocycles. The fraction of sp³-hybridized carbons (Fsp3) is 0.211. The molecule has 0 aliphatic carbocycles. The van der Waals surface area contributed by atoms with Crippen molar-refractivity contribution >= 4 is 5.97 Å². The molecule has 0 atom stereocenters. The van der Waals surface area contributed by atoms with E-state index < -0.39 is 5.97 Å². The van der Waals surface area contributed by atoms with Gasteiger partial charge in [0.05, 0.1) is 5.56 Å². The number of terminal acetylenes is 1. The van der Waals surface area contributed by atoms with Gasteiger partial charge in [0, 0.05) is 5.56 Å². The molecule has 0 saturated carbocycles. The van der Waals surface area contributed by atoms with Gasteiger partial charge in [0.2, 0.25) is 0 Å². The molecule has 0 amide bonds. The molecule has 0 unspecified atom stereocenters. The summed E-state index contributed by atoms with van der Waals surface area (Å²) >= 11 is 0. The van der Waals surface area contributed by atoms with Crippen LogP contribution in [0, 0.1) is 12.3 Å². The van der Waals surface area contributed by atoms with Gasteiger partial charge in [-0.1, -0.05) is 57.0 Å². The average Bonchev–Trinajstić information content (AvgIpc) is 2.45. The standard InChI is InChI=1S/C19H18O2/c1-5-13-12-15(8-11-17(13)18(20)21)14-6-9-16(10-7-14)19(2,3)4/h1,6-12H,2-4H3,(H,20,21). The van der Waals surface area contributed by atoms with Crippen LogP contribution in [0.3, 0.4) is 0 Å². The highest BCUT2D eigenvalue weighted by Gasteiger charge is 2.14. The molecular weight excluding hydrogens is 260 g/mol. The minimum Gasteiger partial charge on any atom is -0.478 e. The van der Waals surface area contributed by atoms with Crippen molar-refractivity contribution in [1.82, 2.24) is 0 Å². The highest BCUT2D eigenvalue weighted by molar-refractivity contribution is 5.91. The lowest BCUT2D eigenvalue weighted by molar-refractivity contribution is 0.0696. The van der Waals surface area contributed by atoms with E-state index in [1.54, 1.807) is 18.2 Å². The van der Waals surface area contributed by atoms with Gasteiger partial charge < -0.3 is 5.11 Å². The predicted molar refractivity (Wildman–Crippen MR) is 85.5 cm³/mol. The van der Waals surface area contributed by atoms with Crippen molar-refractivity contribution < 1.29 is 9.90 Å². The Labute approximate surface area is 125 Å². The van der Waals surface area contributed by atoms with E-state index in [9.17, 15) is 4.79 Å². The molecule has 0 aliphatic heterocycles. The molecule has 0 fully saturated rings. The molecule has 0 aromatic heterocycles.